The van der Waals surface area contributed by atoms with Crippen molar-refractivity contribution in [2.75, 3.05) is 13.7 Å². The number of hydrogen-bond acceptors (Lipinski definition) is 7. The Balaban J connectivity index is 1.96. The van der Waals surface area contributed by atoms with Crippen LogP contribution in [0.2, 0.25) is 0 Å². The van der Waals surface area contributed by atoms with E-state index < -0.39 is 30.9 Å². The molecule has 0 saturated carbocycles. The number of nitrogens with one attached hydrogen (secondary N) is 2. The van der Waals surface area contributed by atoms with E-state index in [1.54, 1.807) is 13.8 Å². The highest BCUT2D eigenvalue weighted by atomic mass is 16.5. The molecule has 2 atom stereocenters. The summed E-state index contributed by atoms with van der Waals surface area (Å²) >= 11 is 0. The summed E-state index contributed by atoms with van der Waals surface area (Å²) in [6, 6.07) is 8.73. The maximum absolute atomic E-state index is 12.7. The molecule has 2 unspecified atom stereocenters. The molecule has 0 saturated heterocycles. The van der Waals surface area contributed by atoms with Crippen LogP contribution in [0.25, 0.3) is 0 Å². The van der Waals surface area contributed by atoms with Gasteiger partial charge in [-0.3, -0.25) is 9.59 Å². The van der Waals surface area contributed by atoms with E-state index >= 15 is 0 Å². The van der Waals surface area contributed by atoms with Crippen LogP contribution in [-0.4, -0.2) is 59.7 Å². The van der Waals surface area contributed by atoms with E-state index in [1.807, 2.05) is 30.3 Å². The number of oxazole rings is 1. The SMILES string of the molecule is COCC(NC(=O)c1oc(C)nc1C)C(=O)NC(CCCc1ccccc1)B(O)O. The summed E-state index contributed by atoms with van der Waals surface area (Å²) in [6.45, 7) is 3.15. The van der Waals surface area contributed by atoms with Gasteiger partial charge < -0.3 is 29.8 Å². The third kappa shape index (κ3) is 6.98. The fourth-order valence-corrected chi connectivity index (χ4v) is 3.07. The predicted molar refractivity (Wildman–Crippen MR) is 111 cm³/mol. The molecular weight excluding hydrogens is 389 g/mol. The summed E-state index contributed by atoms with van der Waals surface area (Å²) in [5.41, 5.74) is 1.53. The Morgan fingerprint density at radius 3 is 2.47 bits per heavy atom. The van der Waals surface area contributed by atoms with Gasteiger partial charge in [0, 0.05) is 14.0 Å². The molecule has 2 aromatic rings. The van der Waals surface area contributed by atoms with Gasteiger partial charge in [0.05, 0.1) is 18.2 Å². The third-order valence-corrected chi connectivity index (χ3v) is 4.58. The van der Waals surface area contributed by atoms with Gasteiger partial charge in [-0.05, 0) is 31.7 Å². The number of carbonyl (C=O) groups excluding carboxylic acids is 2. The standard InChI is InChI=1S/C20H28BN3O6/c1-13-18(30-14(2)22-13)20(26)23-16(12-29-3)19(25)24-17(21(27)28)11-7-10-15-8-5-4-6-9-15/h4-6,8-9,16-17,27-28H,7,10-12H2,1-3H3,(H,23,26)(H,24,25). The Kier molecular flexibility index (Phi) is 9.03. The lowest BCUT2D eigenvalue weighted by molar-refractivity contribution is -0.124. The monoisotopic (exact) mass is 417 g/mol. The molecule has 0 aliphatic heterocycles. The van der Waals surface area contributed by atoms with E-state index in [4.69, 9.17) is 9.15 Å². The van der Waals surface area contributed by atoms with Gasteiger partial charge in [-0.25, -0.2) is 4.98 Å². The second kappa shape index (κ2) is 11.5. The van der Waals surface area contributed by atoms with Crippen LogP contribution < -0.4 is 10.6 Å². The molecule has 4 N–H and O–H groups in total. The van der Waals surface area contributed by atoms with E-state index in [-0.39, 0.29) is 12.4 Å². The van der Waals surface area contributed by atoms with Crippen LogP contribution in [0.4, 0.5) is 0 Å². The van der Waals surface area contributed by atoms with Gasteiger partial charge in [0.1, 0.15) is 6.04 Å². The summed E-state index contributed by atoms with van der Waals surface area (Å²) < 4.78 is 10.3. The summed E-state index contributed by atoms with van der Waals surface area (Å²) in [5, 5.41) is 24.5. The highest BCUT2D eigenvalue weighted by molar-refractivity contribution is 6.43. The summed E-state index contributed by atoms with van der Waals surface area (Å²) in [4.78, 5) is 29.1. The van der Waals surface area contributed by atoms with Gasteiger partial charge in [0.25, 0.3) is 5.91 Å². The summed E-state index contributed by atoms with van der Waals surface area (Å²) in [7, 11) is -0.336. The second-order valence-electron chi connectivity index (χ2n) is 7.04. The van der Waals surface area contributed by atoms with E-state index in [1.165, 1.54) is 7.11 Å². The van der Waals surface area contributed by atoms with E-state index in [9.17, 15) is 19.6 Å². The van der Waals surface area contributed by atoms with Crippen molar-refractivity contribution in [3.63, 3.8) is 0 Å². The van der Waals surface area contributed by atoms with E-state index in [0.29, 0.717) is 24.4 Å². The number of benzene rings is 1. The fraction of sp³-hybridized carbons (Fsp3) is 0.450. The minimum Gasteiger partial charge on any atom is -0.436 e. The van der Waals surface area contributed by atoms with Crippen molar-refractivity contribution >= 4 is 18.9 Å². The first-order chi connectivity index (χ1) is 14.3. The van der Waals surface area contributed by atoms with Gasteiger partial charge >= 0.3 is 7.12 Å². The van der Waals surface area contributed by atoms with Gasteiger partial charge in [-0.1, -0.05) is 30.3 Å². The van der Waals surface area contributed by atoms with Gasteiger partial charge in [-0.2, -0.15) is 0 Å². The lowest BCUT2D eigenvalue weighted by atomic mass is 9.76. The normalized spacial score (nSPS) is 12.8. The van der Waals surface area contributed by atoms with Crippen molar-refractivity contribution in [1.82, 2.24) is 15.6 Å². The summed E-state index contributed by atoms with van der Waals surface area (Å²) in [6.07, 6.45) is 1.74. The highest BCUT2D eigenvalue weighted by Gasteiger charge is 2.30. The first-order valence-electron chi connectivity index (χ1n) is 9.76. The van der Waals surface area contributed by atoms with Crippen LogP contribution in [0, 0.1) is 13.8 Å². The lowest BCUT2D eigenvalue weighted by Gasteiger charge is -2.22. The number of aryl methyl sites for hydroxylation is 3. The maximum Gasteiger partial charge on any atom is 0.475 e. The van der Waals surface area contributed by atoms with Crippen LogP contribution in [0.15, 0.2) is 34.7 Å². The molecule has 0 radical (unpaired) electrons. The molecule has 162 valence electrons. The minimum absolute atomic E-state index is 0.0167. The Morgan fingerprint density at radius 1 is 1.20 bits per heavy atom. The number of ether oxygens (including phenoxy) is 1. The molecule has 0 spiro atoms. The average molecular weight is 417 g/mol. The van der Waals surface area contributed by atoms with Crippen molar-refractivity contribution in [2.45, 2.75) is 45.1 Å². The maximum atomic E-state index is 12.7. The number of methoxy groups -OCH3 is 1. The fourth-order valence-electron chi connectivity index (χ4n) is 3.07. The number of rotatable bonds is 11. The van der Waals surface area contributed by atoms with Crippen molar-refractivity contribution in [2.24, 2.45) is 0 Å². The second-order valence-corrected chi connectivity index (χ2v) is 7.04. The smallest absolute Gasteiger partial charge is 0.436 e. The molecule has 1 heterocycles. The molecule has 2 rings (SSSR count). The van der Waals surface area contributed by atoms with Gasteiger partial charge in [0.15, 0.2) is 5.89 Å². The largest absolute Gasteiger partial charge is 0.475 e. The molecule has 10 heteroatoms. The molecule has 0 aliphatic rings. The quantitative estimate of drug-likeness (QED) is 0.393. The molecule has 1 aromatic heterocycles. The number of nitrogens with zero attached hydrogens (tertiary/aromatic N) is 1. The van der Waals surface area contributed by atoms with Gasteiger partial charge in [0.2, 0.25) is 11.7 Å². The number of amides is 2. The highest BCUT2D eigenvalue weighted by Crippen LogP contribution is 2.10. The lowest BCUT2D eigenvalue weighted by Crippen LogP contribution is -2.55. The Morgan fingerprint density at radius 2 is 1.90 bits per heavy atom. The van der Waals surface area contributed by atoms with E-state index in [0.717, 1.165) is 12.0 Å². The topological polar surface area (TPSA) is 134 Å². The molecule has 0 aliphatic carbocycles. The van der Waals surface area contributed by atoms with Crippen LogP contribution >= 0.6 is 0 Å². The molecule has 2 amide bonds. The molecule has 1 aromatic carbocycles. The number of hydrogen-bond donors (Lipinski definition) is 4. The Hall–Kier alpha value is -2.69. The molecule has 0 fully saturated rings. The van der Waals surface area contributed by atoms with Crippen molar-refractivity contribution in [3.8, 4) is 0 Å². The van der Waals surface area contributed by atoms with Crippen molar-refractivity contribution in [1.29, 1.82) is 0 Å². The first-order valence-corrected chi connectivity index (χ1v) is 9.76. The Labute approximate surface area is 176 Å². The van der Waals surface area contributed by atoms with Crippen LogP contribution in [0.5, 0.6) is 0 Å². The van der Waals surface area contributed by atoms with Crippen LogP contribution in [0.3, 0.4) is 0 Å². The zero-order valence-electron chi connectivity index (χ0n) is 17.4. The zero-order valence-corrected chi connectivity index (χ0v) is 17.4. The molecule has 9 nitrogen and oxygen atoms in total. The minimum atomic E-state index is -1.73. The number of aromatic nitrogens is 1. The van der Waals surface area contributed by atoms with Crippen LogP contribution in [-0.2, 0) is 16.0 Å². The molecule has 30 heavy (non-hydrogen) atoms. The van der Waals surface area contributed by atoms with Crippen molar-refractivity contribution < 1.29 is 28.8 Å². The zero-order chi connectivity index (χ0) is 22.1. The van der Waals surface area contributed by atoms with E-state index in [2.05, 4.69) is 15.6 Å². The predicted octanol–water partition coefficient (Wildman–Crippen LogP) is 0.556. The Bertz CT molecular complexity index is 827. The van der Waals surface area contributed by atoms with Crippen molar-refractivity contribution in [3.05, 3.63) is 53.2 Å². The summed E-state index contributed by atoms with van der Waals surface area (Å²) in [5.74, 6) is -1.71. The third-order valence-electron chi connectivity index (χ3n) is 4.58. The molecule has 0 bridgehead atoms. The van der Waals surface area contributed by atoms with Crippen LogP contribution in [0.1, 0.15) is 40.5 Å². The first kappa shape index (κ1) is 23.6. The average Bonchev–Trinajstić information content (AvgIpc) is 3.05. The number of carbonyl (C=O) groups is 2. The van der Waals surface area contributed by atoms with Gasteiger partial charge in [-0.15, -0.1) is 0 Å². The molecular formula is C20H28BN3O6.